The van der Waals surface area contributed by atoms with Crippen LogP contribution in [0.1, 0.15) is 25.5 Å². The summed E-state index contributed by atoms with van der Waals surface area (Å²) in [6.45, 7) is 4.68. The highest BCUT2D eigenvalue weighted by molar-refractivity contribution is 5.47. The van der Waals surface area contributed by atoms with Crippen molar-refractivity contribution >= 4 is 11.6 Å². The van der Waals surface area contributed by atoms with E-state index in [-0.39, 0.29) is 11.9 Å². The van der Waals surface area contributed by atoms with Crippen LogP contribution in [0.15, 0.2) is 36.7 Å². The fraction of sp³-hybridized carbons (Fsp3) is 0.286. The van der Waals surface area contributed by atoms with Crippen molar-refractivity contribution in [2.45, 2.75) is 19.9 Å². The molecule has 1 atom stereocenters. The smallest absolute Gasteiger partial charge is 0.131 e. The zero-order valence-electron chi connectivity index (χ0n) is 11.0. The number of hydrogen-bond acceptors (Lipinski definition) is 4. The second-order valence-electron chi connectivity index (χ2n) is 4.21. The summed E-state index contributed by atoms with van der Waals surface area (Å²) in [5, 5.41) is 6.27. The monoisotopic (exact) mass is 260 g/mol. The van der Waals surface area contributed by atoms with Gasteiger partial charge in [0, 0.05) is 18.2 Å². The van der Waals surface area contributed by atoms with E-state index in [1.165, 1.54) is 12.4 Å². The maximum Gasteiger partial charge on any atom is 0.131 e. The molecule has 1 heterocycles. The molecular formula is C14H17FN4. The first-order valence-electron chi connectivity index (χ1n) is 6.27. The van der Waals surface area contributed by atoms with Crippen LogP contribution in [0, 0.1) is 5.82 Å². The number of benzene rings is 1. The number of anilines is 2. The van der Waals surface area contributed by atoms with Gasteiger partial charge in [0.2, 0.25) is 0 Å². The van der Waals surface area contributed by atoms with Crippen molar-refractivity contribution in [3.8, 4) is 0 Å². The summed E-state index contributed by atoms with van der Waals surface area (Å²) in [4.78, 5) is 8.22. The first-order valence-corrected chi connectivity index (χ1v) is 6.27. The molecule has 5 heteroatoms. The summed E-state index contributed by atoms with van der Waals surface area (Å²) in [6.07, 6.45) is 1.48. The van der Waals surface area contributed by atoms with E-state index in [1.807, 2.05) is 19.9 Å². The number of aromatic nitrogens is 2. The largest absolute Gasteiger partial charge is 0.370 e. The van der Waals surface area contributed by atoms with E-state index in [0.717, 1.165) is 12.4 Å². The van der Waals surface area contributed by atoms with E-state index in [2.05, 4.69) is 20.6 Å². The molecule has 0 amide bonds. The van der Waals surface area contributed by atoms with Crippen molar-refractivity contribution in [3.63, 3.8) is 0 Å². The van der Waals surface area contributed by atoms with Crippen LogP contribution in [-0.2, 0) is 0 Å². The first-order chi connectivity index (χ1) is 9.20. The lowest BCUT2D eigenvalue weighted by Crippen LogP contribution is -2.10. The fourth-order valence-electron chi connectivity index (χ4n) is 1.84. The van der Waals surface area contributed by atoms with Gasteiger partial charge in [0.1, 0.15) is 23.8 Å². The van der Waals surface area contributed by atoms with Gasteiger partial charge < -0.3 is 10.6 Å². The lowest BCUT2D eigenvalue weighted by Gasteiger charge is -2.16. The molecule has 1 unspecified atom stereocenters. The highest BCUT2D eigenvalue weighted by atomic mass is 19.1. The highest BCUT2D eigenvalue weighted by Gasteiger charge is 2.10. The van der Waals surface area contributed by atoms with Crippen molar-refractivity contribution < 1.29 is 4.39 Å². The molecule has 0 bridgehead atoms. The Bertz CT molecular complexity index is 544. The Kier molecular flexibility index (Phi) is 4.28. The molecule has 0 spiro atoms. The topological polar surface area (TPSA) is 49.8 Å². The number of rotatable bonds is 5. The van der Waals surface area contributed by atoms with Gasteiger partial charge in [-0.2, -0.15) is 0 Å². The van der Waals surface area contributed by atoms with Crippen LogP contribution in [0.3, 0.4) is 0 Å². The maximum absolute atomic E-state index is 13.7. The molecule has 19 heavy (non-hydrogen) atoms. The third-order valence-corrected chi connectivity index (χ3v) is 2.76. The van der Waals surface area contributed by atoms with Gasteiger partial charge >= 0.3 is 0 Å². The Labute approximate surface area is 112 Å². The summed E-state index contributed by atoms with van der Waals surface area (Å²) in [6, 6.07) is 8.36. The van der Waals surface area contributed by atoms with Crippen molar-refractivity contribution in [2.75, 3.05) is 17.2 Å². The summed E-state index contributed by atoms with van der Waals surface area (Å²) >= 11 is 0. The third kappa shape index (κ3) is 3.40. The van der Waals surface area contributed by atoms with E-state index >= 15 is 0 Å². The third-order valence-electron chi connectivity index (χ3n) is 2.76. The van der Waals surface area contributed by atoms with Crippen LogP contribution in [-0.4, -0.2) is 16.5 Å². The number of halogens is 1. The van der Waals surface area contributed by atoms with Gasteiger partial charge in [-0.25, -0.2) is 14.4 Å². The molecule has 0 radical (unpaired) electrons. The molecule has 0 fully saturated rings. The molecule has 100 valence electrons. The molecule has 2 rings (SSSR count). The van der Waals surface area contributed by atoms with Crippen LogP contribution in [0.2, 0.25) is 0 Å². The minimum absolute atomic E-state index is 0.162. The van der Waals surface area contributed by atoms with Gasteiger partial charge in [-0.15, -0.1) is 0 Å². The lowest BCUT2D eigenvalue weighted by atomic mass is 10.1. The van der Waals surface area contributed by atoms with E-state index in [9.17, 15) is 4.39 Å². The molecule has 0 saturated carbocycles. The van der Waals surface area contributed by atoms with Crippen LogP contribution in [0.4, 0.5) is 16.0 Å². The van der Waals surface area contributed by atoms with Crippen LogP contribution in [0.5, 0.6) is 0 Å². The molecule has 2 aromatic rings. The molecule has 1 aromatic heterocycles. The zero-order chi connectivity index (χ0) is 13.7. The summed E-state index contributed by atoms with van der Waals surface area (Å²) in [7, 11) is 0. The fourth-order valence-corrected chi connectivity index (χ4v) is 1.84. The average molecular weight is 260 g/mol. The van der Waals surface area contributed by atoms with Gasteiger partial charge in [0.05, 0.1) is 6.04 Å². The Morgan fingerprint density at radius 3 is 2.68 bits per heavy atom. The molecule has 0 aliphatic heterocycles. The van der Waals surface area contributed by atoms with Crippen molar-refractivity contribution in [1.82, 2.24) is 9.97 Å². The molecule has 2 N–H and O–H groups in total. The van der Waals surface area contributed by atoms with Crippen LogP contribution >= 0.6 is 0 Å². The summed E-state index contributed by atoms with van der Waals surface area (Å²) in [5.41, 5.74) is 0.617. The van der Waals surface area contributed by atoms with Crippen molar-refractivity contribution in [1.29, 1.82) is 0 Å². The molecule has 0 aliphatic carbocycles. The average Bonchev–Trinajstić information content (AvgIpc) is 2.40. The van der Waals surface area contributed by atoms with Crippen molar-refractivity contribution in [3.05, 3.63) is 48.0 Å². The van der Waals surface area contributed by atoms with Gasteiger partial charge in [-0.3, -0.25) is 0 Å². The van der Waals surface area contributed by atoms with E-state index in [4.69, 9.17) is 0 Å². The van der Waals surface area contributed by atoms with Gasteiger partial charge in [0.25, 0.3) is 0 Å². The number of nitrogens with zero attached hydrogens (tertiary/aromatic N) is 2. The Balaban J connectivity index is 2.12. The van der Waals surface area contributed by atoms with Crippen LogP contribution in [0.25, 0.3) is 0 Å². The maximum atomic E-state index is 13.7. The standard InChI is InChI=1S/C14H17FN4/c1-3-16-13-8-14(18-9-17-13)19-10(2)11-6-4-5-7-12(11)15/h4-10H,3H2,1-2H3,(H2,16,17,18,19). The SMILES string of the molecule is CCNc1cc(NC(C)c2ccccc2F)ncn1. The second kappa shape index (κ2) is 6.13. The van der Waals surface area contributed by atoms with Gasteiger partial charge in [-0.1, -0.05) is 18.2 Å². The minimum atomic E-state index is -0.219. The normalized spacial score (nSPS) is 11.9. The van der Waals surface area contributed by atoms with Crippen molar-refractivity contribution in [2.24, 2.45) is 0 Å². The van der Waals surface area contributed by atoms with Gasteiger partial charge in [-0.05, 0) is 19.9 Å². The number of nitrogens with one attached hydrogen (secondary N) is 2. The predicted octanol–water partition coefficient (Wildman–Crippen LogP) is 3.22. The summed E-state index contributed by atoms with van der Waals surface area (Å²) in [5.74, 6) is 1.20. The molecule has 0 saturated heterocycles. The number of hydrogen-bond donors (Lipinski definition) is 2. The molecular weight excluding hydrogens is 243 g/mol. The van der Waals surface area contributed by atoms with E-state index in [0.29, 0.717) is 11.4 Å². The van der Waals surface area contributed by atoms with Gasteiger partial charge in [0.15, 0.2) is 0 Å². The highest BCUT2D eigenvalue weighted by Crippen LogP contribution is 2.21. The Hall–Kier alpha value is -2.17. The lowest BCUT2D eigenvalue weighted by molar-refractivity contribution is 0.600. The van der Waals surface area contributed by atoms with E-state index in [1.54, 1.807) is 18.2 Å². The summed E-state index contributed by atoms with van der Waals surface area (Å²) < 4.78 is 13.7. The minimum Gasteiger partial charge on any atom is -0.370 e. The zero-order valence-corrected chi connectivity index (χ0v) is 11.0. The second-order valence-corrected chi connectivity index (χ2v) is 4.21. The predicted molar refractivity (Wildman–Crippen MR) is 74.6 cm³/mol. The molecule has 0 aliphatic rings. The quantitative estimate of drug-likeness (QED) is 0.866. The molecule has 1 aromatic carbocycles. The Morgan fingerprint density at radius 2 is 1.95 bits per heavy atom. The van der Waals surface area contributed by atoms with E-state index < -0.39 is 0 Å². The molecule has 4 nitrogen and oxygen atoms in total. The first kappa shape index (κ1) is 13.3. The van der Waals surface area contributed by atoms with Crippen LogP contribution < -0.4 is 10.6 Å². The Morgan fingerprint density at radius 1 is 1.21 bits per heavy atom.